The molecule has 158 valence electrons. The van der Waals surface area contributed by atoms with E-state index in [9.17, 15) is 5.11 Å². The summed E-state index contributed by atoms with van der Waals surface area (Å²) in [6.45, 7) is 13.7. The maximum Gasteiger partial charge on any atom is 0.192 e. The first-order chi connectivity index (χ1) is 12.6. The monoisotopic (exact) mass is 398 g/mol. The molecule has 5 heteroatoms. The lowest BCUT2D eigenvalue weighted by Crippen LogP contribution is -2.43. The van der Waals surface area contributed by atoms with Gasteiger partial charge in [-0.15, -0.1) is 0 Å². The first-order valence-corrected chi connectivity index (χ1v) is 13.7. The zero-order valence-corrected chi connectivity index (χ0v) is 19.5. The number of ether oxygens (including phenoxy) is 2. The molecule has 4 nitrogen and oxygen atoms in total. The third-order valence-corrected chi connectivity index (χ3v) is 11.3. The van der Waals surface area contributed by atoms with Gasteiger partial charge in [-0.05, 0) is 30.5 Å². The second kappa shape index (κ2) is 9.53. The molecule has 1 aliphatic heterocycles. The molecule has 0 bridgehead atoms. The number of methoxy groups -OCH3 is 1. The molecule has 1 heterocycles. The largest absolute Gasteiger partial charge is 0.411 e. The highest BCUT2D eigenvalue weighted by atomic mass is 28.4. The summed E-state index contributed by atoms with van der Waals surface area (Å²) >= 11 is 0. The Hall–Kier alpha value is -0.203. The Morgan fingerprint density at radius 1 is 1.22 bits per heavy atom. The molecular formula is C22H42O4Si. The summed E-state index contributed by atoms with van der Waals surface area (Å²) in [6.07, 6.45) is 10.6. The summed E-state index contributed by atoms with van der Waals surface area (Å²) in [6, 6.07) is 0. The standard InChI is InChI=1S/C22H42O4Si/c1-8-9-10-11-16(26-27(6,7)22(2,3)4)12-13-17-18-14-21(24-5)25-20(18)15-19(17)23/h12-13,16-21,23H,8-11,14-15H2,1-7H3/b13-12+/t16-,17?,18+,19?,20-,21?/m0/s1. The summed E-state index contributed by atoms with van der Waals surface area (Å²) in [5.74, 6) is 0.497. The van der Waals surface area contributed by atoms with Gasteiger partial charge >= 0.3 is 0 Å². The minimum absolute atomic E-state index is 0.118. The van der Waals surface area contributed by atoms with Crippen molar-refractivity contribution in [2.75, 3.05) is 7.11 Å². The van der Waals surface area contributed by atoms with Gasteiger partial charge < -0.3 is 19.0 Å². The van der Waals surface area contributed by atoms with E-state index in [0.29, 0.717) is 12.3 Å². The van der Waals surface area contributed by atoms with E-state index in [1.165, 1.54) is 19.3 Å². The lowest BCUT2D eigenvalue weighted by Gasteiger charge is -2.39. The van der Waals surface area contributed by atoms with Gasteiger partial charge in [0.15, 0.2) is 14.6 Å². The van der Waals surface area contributed by atoms with Crippen LogP contribution < -0.4 is 0 Å². The highest BCUT2D eigenvalue weighted by molar-refractivity contribution is 6.74. The van der Waals surface area contributed by atoms with Crippen molar-refractivity contribution in [1.29, 1.82) is 0 Å². The van der Waals surface area contributed by atoms with Crippen LogP contribution in [0.4, 0.5) is 0 Å². The van der Waals surface area contributed by atoms with Crippen LogP contribution in [-0.4, -0.2) is 45.1 Å². The van der Waals surface area contributed by atoms with Crippen molar-refractivity contribution in [1.82, 2.24) is 0 Å². The maximum atomic E-state index is 10.5. The van der Waals surface area contributed by atoms with E-state index in [1.807, 2.05) is 0 Å². The molecule has 2 rings (SSSR count). The molecular weight excluding hydrogens is 356 g/mol. The molecule has 1 saturated heterocycles. The second-order valence-electron chi connectivity index (χ2n) is 9.92. The molecule has 0 aromatic heterocycles. The minimum atomic E-state index is -1.82. The molecule has 1 saturated carbocycles. The van der Waals surface area contributed by atoms with Crippen LogP contribution in [0.3, 0.4) is 0 Å². The Morgan fingerprint density at radius 2 is 1.93 bits per heavy atom. The van der Waals surface area contributed by atoms with Crippen LogP contribution in [0.2, 0.25) is 18.1 Å². The molecule has 27 heavy (non-hydrogen) atoms. The maximum absolute atomic E-state index is 10.5. The number of aliphatic hydroxyl groups excluding tert-OH is 1. The third kappa shape index (κ3) is 5.89. The molecule has 0 aromatic carbocycles. The Morgan fingerprint density at radius 3 is 2.52 bits per heavy atom. The Balaban J connectivity index is 2.06. The van der Waals surface area contributed by atoms with Crippen molar-refractivity contribution in [3.05, 3.63) is 12.2 Å². The van der Waals surface area contributed by atoms with Crippen LogP contribution in [-0.2, 0) is 13.9 Å². The highest BCUT2D eigenvalue weighted by Gasteiger charge is 2.48. The zero-order valence-electron chi connectivity index (χ0n) is 18.5. The molecule has 0 spiro atoms. The Kier molecular flexibility index (Phi) is 8.15. The number of unbranched alkanes of at least 4 members (excludes halogenated alkanes) is 2. The summed E-state index contributed by atoms with van der Waals surface area (Å²) in [5, 5.41) is 10.7. The quantitative estimate of drug-likeness (QED) is 0.326. The molecule has 2 fully saturated rings. The van der Waals surface area contributed by atoms with Crippen LogP contribution >= 0.6 is 0 Å². The fourth-order valence-electron chi connectivity index (χ4n) is 4.06. The predicted molar refractivity (Wildman–Crippen MR) is 113 cm³/mol. The lowest BCUT2D eigenvalue weighted by atomic mass is 9.91. The van der Waals surface area contributed by atoms with Gasteiger partial charge in [0.05, 0.1) is 18.3 Å². The molecule has 6 atom stereocenters. The van der Waals surface area contributed by atoms with Crippen molar-refractivity contribution < 1.29 is 19.0 Å². The average Bonchev–Trinajstić information content (AvgIpc) is 3.08. The van der Waals surface area contributed by atoms with Gasteiger partial charge in [-0.25, -0.2) is 0 Å². The first-order valence-electron chi connectivity index (χ1n) is 10.8. The van der Waals surface area contributed by atoms with Crippen molar-refractivity contribution >= 4 is 8.32 Å². The summed E-state index contributed by atoms with van der Waals surface area (Å²) in [4.78, 5) is 0. The molecule has 1 aliphatic carbocycles. The van der Waals surface area contributed by atoms with E-state index in [4.69, 9.17) is 13.9 Å². The van der Waals surface area contributed by atoms with Gasteiger partial charge in [-0.3, -0.25) is 0 Å². The second-order valence-corrected chi connectivity index (χ2v) is 14.7. The molecule has 0 amide bonds. The Bertz CT molecular complexity index is 485. The fraction of sp³-hybridized carbons (Fsp3) is 0.909. The van der Waals surface area contributed by atoms with Gasteiger partial charge in [0, 0.05) is 25.9 Å². The minimum Gasteiger partial charge on any atom is -0.411 e. The SMILES string of the molecule is CCCCC[C@@H](/C=C/C1C(O)C[C@@H]2OC(OC)C[C@H]12)O[Si](C)(C)C(C)(C)C. The van der Waals surface area contributed by atoms with Crippen molar-refractivity contribution in [3.8, 4) is 0 Å². The van der Waals surface area contributed by atoms with Crippen LogP contribution in [0, 0.1) is 11.8 Å². The summed E-state index contributed by atoms with van der Waals surface area (Å²) in [7, 11) is -0.125. The van der Waals surface area contributed by atoms with E-state index in [-0.39, 0.29) is 35.6 Å². The topological polar surface area (TPSA) is 47.9 Å². The fourth-order valence-corrected chi connectivity index (χ4v) is 5.37. The van der Waals surface area contributed by atoms with Gasteiger partial charge in [0.2, 0.25) is 0 Å². The number of rotatable bonds is 9. The van der Waals surface area contributed by atoms with Gasteiger partial charge in [0.25, 0.3) is 0 Å². The summed E-state index contributed by atoms with van der Waals surface area (Å²) < 4.78 is 18.0. The van der Waals surface area contributed by atoms with E-state index >= 15 is 0 Å². The molecule has 2 aliphatic rings. The number of fused-ring (bicyclic) bond motifs is 1. The van der Waals surface area contributed by atoms with E-state index < -0.39 is 8.32 Å². The molecule has 3 unspecified atom stereocenters. The lowest BCUT2D eigenvalue weighted by molar-refractivity contribution is -0.118. The number of aliphatic hydroxyl groups is 1. The van der Waals surface area contributed by atoms with E-state index in [1.54, 1.807) is 7.11 Å². The Labute approximate surface area is 167 Å². The normalized spacial score (nSPS) is 33.0. The van der Waals surface area contributed by atoms with Crippen molar-refractivity contribution in [3.63, 3.8) is 0 Å². The predicted octanol–water partition coefficient (Wildman–Crippen LogP) is 5.27. The smallest absolute Gasteiger partial charge is 0.192 e. The van der Waals surface area contributed by atoms with Crippen molar-refractivity contribution in [2.24, 2.45) is 11.8 Å². The first kappa shape index (κ1) is 23.1. The van der Waals surface area contributed by atoms with E-state index in [2.05, 4.69) is 52.9 Å². The van der Waals surface area contributed by atoms with Gasteiger partial charge in [0.1, 0.15) is 0 Å². The van der Waals surface area contributed by atoms with Crippen LogP contribution in [0.1, 0.15) is 66.2 Å². The van der Waals surface area contributed by atoms with Crippen LogP contribution in [0.5, 0.6) is 0 Å². The number of hydrogen-bond acceptors (Lipinski definition) is 4. The van der Waals surface area contributed by atoms with Gasteiger partial charge in [-0.2, -0.15) is 0 Å². The van der Waals surface area contributed by atoms with Crippen molar-refractivity contribution in [2.45, 2.75) is 109 Å². The van der Waals surface area contributed by atoms with Crippen LogP contribution in [0.15, 0.2) is 12.2 Å². The van der Waals surface area contributed by atoms with Gasteiger partial charge in [-0.1, -0.05) is 59.1 Å². The summed E-state index contributed by atoms with van der Waals surface area (Å²) in [5.41, 5.74) is 0. The molecule has 0 radical (unpaired) electrons. The highest BCUT2D eigenvalue weighted by Crippen LogP contribution is 2.44. The number of hydrogen-bond donors (Lipinski definition) is 1. The third-order valence-electron chi connectivity index (χ3n) is 6.84. The van der Waals surface area contributed by atoms with Crippen LogP contribution in [0.25, 0.3) is 0 Å². The average molecular weight is 399 g/mol. The molecule has 0 aromatic rings. The molecule has 1 N–H and O–H groups in total. The zero-order chi connectivity index (χ0) is 20.2. The van der Waals surface area contributed by atoms with E-state index in [0.717, 1.165) is 12.8 Å².